The van der Waals surface area contributed by atoms with Crippen LogP contribution in [-0.2, 0) is 29.4 Å². The van der Waals surface area contributed by atoms with Gasteiger partial charge in [-0.2, -0.15) is 13.2 Å². The average molecular weight is 775 g/mol. The zero-order valence-corrected chi connectivity index (χ0v) is 30.4. The largest absolute Gasteiger partial charge is 0.497 e. The van der Waals surface area contributed by atoms with Crippen molar-refractivity contribution in [1.29, 1.82) is 0 Å². The third-order valence-electron chi connectivity index (χ3n) is 8.80. The lowest BCUT2D eigenvalue weighted by atomic mass is 10.1. The normalized spacial score (nSPS) is 13.2. The standard InChI is InChI=1S/C35H33F3N6O4.C4H4O4/c1-41(32(45)24-6-8-26(9-7-24)35(36,37)38)27-20-39-34(40-21-27)48-29-12-13-30-25(18-29)19-31(42(30)2)33(46)44-16-14-43(15-17-44)22-23-4-10-28(47-3)11-5-23;5-3(6)1-2-4(7)8/h4-13,18-21H,14-17,22H2,1-3H3;1-2H,(H,5,6)(H,7,8)/b;2-1-. The summed E-state index contributed by atoms with van der Waals surface area (Å²) in [6.45, 7) is 3.62. The van der Waals surface area contributed by atoms with Gasteiger partial charge in [-0.15, -0.1) is 0 Å². The molecule has 3 aromatic carbocycles. The van der Waals surface area contributed by atoms with Crippen molar-refractivity contribution >= 4 is 40.3 Å². The van der Waals surface area contributed by atoms with E-state index in [1.165, 1.54) is 29.9 Å². The van der Waals surface area contributed by atoms with E-state index in [0.29, 0.717) is 42.4 Å². The SMILES string of the molecule is COc1ccc(CN2CCN(C(=O)c3cc4cc(Oc5ncc(N(C)C(=O)c6ccc(C(F)(F)F)cc6)cn5)ccc4n3C)CC2)cc1.O=C(O)/C=C\C(=O)O. The van der Waals surface area contributed by atoms with Crippen molar-refractivity contribution < 1.29 is 52.0 Å². The number of anilines is 1. The number of amides is 2. The molecule has 17 heteroatoms. The van der Waals surface area contributed by atoms with Crippen LogP contribution in [0, 0.1) is 0 Å². The number of hydrogen-bond donors (Lipinski definition) is 2. The third kappa shape index (κ3) is 10.3. The first kappa shape index (κ1) is 40.4. The highest BCUT2D eigenvalue weighted by Crippen LogP contribution is 2.30. The maximum atomic E-state index is 13.5. The van der Waals surface area contributed by atoms with Gasteiger partial charge in [0.15, 0.2) is 0 Å². The maximum absolute atomic E-state index is 13.5. The third-order valence-corrected chi connectivity index (χ3v) is 8.80. The van der Waals surface area contributed by atoms with Crippen molar-refractivity contribution in [3.05, 3.63) is 120 Å². The minimum Gasteiger partial charge on any atom is -0.497 e. The fraction of sp³-hybridized carbons (Fsp3) is 0.231. The van der Waals surface area contributed by atoms with Gasteiger partial charge in [-0.05, 0) is 66.2 Å². The van der Waals surface area contributed by atoms with Crippen LogP contribution in [0.2, 0.25) is 0 Å². The highest BCUT2D eigenvalue weighted by molar-refractivity contribution is 6.05. The number of halogens is 3. The Balaban J connectivity index is 0.000000677. The molecule has 0 spiro atoms. The smallest absolute Gasteiger partial charge is 0.416 e. The lowest BCUT2D eigenvalue weighted by Gasteiger charge is -2.34. The molecule has 3 heterocycles. The molecule has 0 unspecified atom stereocenters. The lowest BCUT2D eigenvalue weighted by Crippen LogP contribution is -2.48. The molecule has 5 aromatic rings. The number of piperazine rings is 1. The zero-order chi connectivity index (χ0) is 40.6. The number of fused-ring (bicyclic) bond motifs is 1. The quantitative estimate of drug-likeness (QED) is 0.166. The minimum atomic E-state index is -4.49. The molecule has 2 aromatic heterocycles. The molecular weight excluding hydrogens is 737 g/mol. The number of carbonyl (C=O) groups is 4. The molecular formula is C39H37F3N6O8. The van der Waals surface area contributed by atoms with Crippen molar-refractivity contribution in [3.8, 4) is 17.5 Å². The second-order valence-electron chi connectivity index (χ2n) is 12.5. The van der Waals surface area contributed by atoms with Crippen LogP contribution in [0.5, 0.6) is 17.5 Å². The van der Waals surface area contributed by atoms with Gasteiger partial charge in [0.05, 0.1) is 30.8 Å². The molecule has 0 bridgehead atoms. The molecule has 1 saturated heterocycles. The van der Waals surface area contributed by atoms with Crippen LogP contribution < -0.4 is 14.4 Å². The second kappa shape index (κ2) is 17.6. The van der Waals surface area contributed by atoms with Gasteiger partial charge in [0.2, 0.25) is 0 Å². The number of hydrogen-bond acceptors (Lipinski definition) is 9. The van der Waals surface area contributed by atoms with E-state index >= 15 is 0 Å². The summed E-state index contributed by atoms with van der Waals surface area (Å²) in [5.41, 5.74) is 2.22. The number of carbonyl (C=O) groups excluding carboxylic acids is 2. The van der Waals surface area contributed by atoms with E-state index in [4.69, 9.17) is 19.7 Å². The highest BCUT2D eigenvalue weighted by Gasteiger charge is 2.30. The summed E-state index contributed by atoms with van der Waals surface area (Å²) < 4.78 is 51.6. The number of aromatic nitrogens is 3. The Labute approximate surface area is 318 Å². The summed E-state index contributed by atoms with van der Waals surface area (Å²) in [7, 11) is 4.99. The molecule has 0 radical (unpaired) electrons. The van der Waals surface area contributed by atoms with E-state index in [2.05, 4.69) is 27.0 Å². The van der Waals surface area contributed by atoms with Gasteiger partial charge in [0.25, 0.3) is 11.8 Å². The van der Waals surface area contributed by atoms with E-state index in [9.17, 15) is 32.3 Å². The van der Waals surface area contributed by atoms with Gasteiger partial charge in [-0.1, -0.05) is 12.1 Å². The molecule has 292 valence electrons. The maximum Gasteiger partial charge on any atom is 0.416 e. The van der Waals surface area contributed by atoms with Gasteiger partial charge in [-0.3, -0.25) is 14.5 Å². The molecule has 1 aliphatic heterocycles. The molecule has 0 saturated carbocycles. The number of alkyl halides is 3. The van der Waals surface area contributed by atoms with E-state index in [-0.39, 0.29) is 17.5 Å². The fourth-order valence-corrected chi connectivity index (χ4v) is 5.75. The summed E-state index contributed by atoms with van der Waals surface area (Å²) in [5.74, 6) is -1.78. The molecule has 2 amide bonds. The average Bonchev–Trinajstić information content (AvgIpc) is 3.52. The van der Waals surface area contributed by atoms with Crippen LogP contribution in [-0.4, -0.2) is 98.6 Å². The monoisotopic (exact) mass is 774 g/mol. The Morgan fingerprint density at radius 1 is 0.839 bits per heavy atom. The van der Waals surface area contributed by atoms with Gasteiger partial charge in [-0.25, -0.2) is 19.6 Å². The van der Waals surface area contributed by atoms with Crippen LogP contribution >= 0.6 is 0 Å². The second-order valence-corrected chi connectivity index (χ2v) is 12.5. The Hall–Kier alpha value is -6.75. The number of nitrogens with zero attached hydrogens (tertiary/aromatic N) is 6. The number of aryl methyl sites for hydroxylation is 1. The van der Waals surface area contributed by atoms with E-state index in [1.807, 2.05) is 40.8 Å². The first-order valence-electron chi connectivity index (χ1n) is 17.0. The van der Waals surface area contributed by atoms with Crippen molar-refractivity contribution in [2.45, 2.75) is 12.7 Å². The first-order valence-corrected chi connectivity index (χ1v) is 17.0. The molecule has 6 rings (SSSR count). The predicted molar refractivity (Wildman–Crippen MR) is 198 cm³/mol. The van der Waals surface area contributed by atoms with Crippen LogP contribution in [0.15, 0.2) is 97.3 Å². The molecule has 1 aliphatic rings. The zero-order valence-electron chi connectivity index (χ0n) is 30.4. The summed E-state index contributed by atoms with van der Waals surface area (Å²) in [6.07, 6.45) is -0.597. The number of methoxy groups -OCH3 is 1. The summed E-state index contributed by atoms with van der Waals surface area (Å²) >= 11 is 0. The molecule has 56 heavy (non-hydrogen) atoms. The molecule has 1 fully saturated rings. The van der Waals surface area contributed by atoms with Gasteiger partial charge >= 0.3 is 24.1 Å². The summed E-state index contributed by atoms with van der Waals surface area (Å²) in [6, 6.07) is 19.3. The molecule has 0 atom stereocenters. The summed E-state index contributed by atoms with van der Waals surface area (Å²) in [4.78, 5) is 59.3. The Morgan fingerprint density at radius 2 is 1.43 bits per heavy atom. The minimum absolute atomic E-state index is 0.0332. The van der Waals surface area contributed by atoms with Gasteiger partial charge in [0.1, 0.15) is 17.2 Å². The van der Waals surface area contributed by atoms with Crippen molar-refractivity contribution in [1.82, 2.24) is 24.3 Å². The summed E-state index contributed by atoms with van der Waals surface area (Å²) in [5, 5.41) is 16.4. The van der Waals surface area contributed by atoms with E-state index in [1.54, 1.807) is 19.2 Å². The predicted octanol–water partition coefficient (Wildman–Crippen LogP) is 5.73. The van der Waals surface area contributed by atoms with E-state index in [0.717, 1.165) is 60.6 Å². The van der Waals surface area contributed by atoms with Crippen LogP contribution in [0.25, 0.3) is 10.9 Å². The highest BCUT2D eigenvalue weighted by atomic mass is 19.4. The number of carboxylic acids is 2. The lowest BCUT2D eigenvalue weighted by molar-refractivity contribution is -0.137. The van der Waals surface area contributed by atoms with Gasteiger partial charge in [0, 0.05) is 75.4 Å². The number of ether oxygens (including phenoxy) is 2. The number of rotatable bonds is 10. The molecule has 2 N–H and O–H groups in total. The Kier molecular flexibility index (Phi) is 12.7. The fourth-order valence-electron chi connectivity index (χ4n) is 5.75. The van der Waals surface area contributed by atoms with Gasteiger partial charge < -0.3 is 34.1 Å². The van der Waals surface area contributed by atoms with Crippen LogP contribution in [0.1, 0.15) is 32.0 Å². The first-order chi connectivity index (χ1) is 26.6. The topological polar surface area (TPSA) is 168 Å². The van der Waals surface area contributed by atoms with Crippen LogP contribution in [0.4, 0.5) is 18.9 Å². The Morgan fingerprint density at radius 3 is 1.98 bits per heavy atom. The van der Waals surface area contributed by atoms with E-state index < -0.39 is 29.6 Å². The number of carboxylic acid groups (broad SMARTS) is 2. The van der Waals surface area contributed by atoms with Crippen LogP contribution in [0.3, 0.4) is 0 Å². The molecule has 14 nitrogen and oxygen atoms in total. The number of aliphatic carboxylic acids is 2. The van der Waals surface area contributed by atoms with Crippen molar-refractivity contribution in [2.24, 2.45) is 7.05 Å². The Bertz CT molecular complexity index is 2200. The number of benzene rings is 3. The van der Waals surface area contributed by atoms with Crippen molar-refractivity contribution in [2.75, 3.05) is 45.2 Å². The van der Waals surface area contributed by atoms with Crippen molar-refractivity contribution in [3.63, 3.8) is 0 Å². The molecule has 0 aliphatic carbocycles.